The van der Waals surface area contributed by atoms with Gasteiger partial charge in [0, 0.05) is 45.3 Å². The van der Waals surface area contributed by atoms with Crippen molar-refractivity contribution in [2.45, 2.75) is 32.4 Å². The molecule has 7 heteroatoms. The van der Waals surface area contributed by atoms with Gasteiger partial charge in [0.05, 0.1) is 10.9 Å². The maximum absolute atomic E-state index is 12.8. The summed E-state index contributed by atoms with van der Waals surface area (Å²) < 4.78 is 1.46. The van der Waals surface area contributed by atoms with Crippen LogP contribution in [0, 0.1) is 0 Å². The van der Waals surface area contributed by atoms with Crippen LogP contribution in [0.15, 0.2) is 58.1 Å². The van der Waals surface area contributed by atoms with E-state index in [1.54, 1.807) is 36.2 Å². The number of H-pyrrole nitrogens is 1. The maximum Gasteiger partial charge on any atom is 0.328 e. The Kier molecular flexibility index (Phi) is 5.70. The maximum atomic E-state index is 12.8. The van der Waals surface area contributed by atoms with Gasteiger partial charge in [0.15, 0.2) is 0 Å². The summed E-state index contributed by atoms with van der Waals surface area (Å²) in [5, 5.41) is 0.442. The van der Waals surface area contributed by atoms with E-state index < -0.39 is 11.2 Å². The van der Waals surface area contributed by atoms with E-state index in [4.69, 9.17) is 0 Å². The number of anilines is 1. The summed E-state index contributed by atoms with van der Waals surface area (Å²) in [7, 11) is 1.79. The molecule has 2 heterocycles. The number of benzene rings is 2. The highest BCUT2D eigenvalue weighted by molar-refractivity contribution is 5.79. The van der Waals surface area contributed by atoms with Crippen LogP contribution in [0.25, 0.3) is 10.9 Å². The summed E-state index contributed by atoms with van der Waals surface area (Å²) in [4.78, 5) is 43.5. The normalized spacial score (nSPS) is 13.7. The number of aromatic nitrogens is 2. The lowest BCUT2D eigenvalue weighted by molar-refractivity contribution is -0.130. The Hall–Kier alpha value is -3.35. The zero-order chi connectivity index (χ0) is 21.1. The molecule has 1 aromatic heterocycles. The molecule has 1 amide bonds. The van der Waals surface area contributed by atoms with E-state index >= 15 is 0 Å². The molecule has 156 valence electrons. The van der Waals surface area contributed by atoms with E-state index in [1.165, 1.54) is 23.1 Å². The van der Waals surface area contributed by atoms with E-state index in [1.807, 2.05) is 12.1 Å². The molecule has 0 bridgehead atoms. The third kappa shape index (κ3) is 4.01. The third-order valence-electron chi connectivity index (χ3n) is 5.73. The minimum absolute atomic E-state index is 0.0478. The van der Waals surface area contributed by atoms with Crippen molar-refractivity contribution in [3.8, 4) is 0 Å². The lowest BCUT2D eigenvalue weighted by Crippen LogP contribution is -2.33. The number of para-hydroxylation sites is 2. The summed E-state index contributed by atoms with van der Waals surface area (Å²) in [6, 6.07) is 15.2. The fourth-order valence-electron chi connectivity index (χ4n) is 4.12. The van der Waals surface area contributed by atoms with Crippen LogP contribution < -0.4 is 16.1 Å². The van der Waals surface area contributed by atoms with Gasteiger partial charge in [-0.05, 0) is 36.6 Å². The van der Waals surface area contributed by atoms with Crippen molar-refractivity contribution < 1.29 is 4.79 Å². The Bertz CT molecular complexity index is 1170. The Balaban J connectivity index is 1.48. The fraction of sp³-hybridized carbons (Fsp3) is 0.348. The number of rotatable bonds is 6. The molecule has 4 rings (SSSR count). The van der Waals surface area contributed by atoms with Crippen LogP contribution >= 0.6 is 0 Å². The van der Waals surface area contributed by atoms with Crippen molar-refractivity contribution >= 4 is 22.5 Å². The van der Waals surface area contributed by atoms with Crippen molar-refractivity contribution in [1.82, 2.24) is 14.5 Å². The van der Waals surface area contributed by atoms with Crippen LogP contribution in [-0.4, -0.2) is 40.5 Å². The lowest BCUT2D eigenvalue weighted by atomic mass is 10.1. The zero-order valence-electron chi connectivity index (χ0n) is 17.1. The molecule has 1 saturated heterocycles. The number of aryl methyl sites for hydroxylation is 1. The van der Waals surface area contributed by atoms with Crippen LogP contribution in [0.5, 0.6) is 0 Å². The molecule has 30 heavy (non-hydrogen) atoms. The fourth-order valence-corrected chi connectivity index (χ4v) is 4.12. The summed E-state index contributed by atoms with van der Waals surface area (Å²) in [6.07, 6.45) is 2.58. The number of nitrogens with zero attached hydrogens (tertiary/aromatic N) is 3. The van der Waals surface area contributed by atoms with Gasteiger partial charge in [-0.25, -0.2) is 4.79 Å². The molecule has 7 nitrogen and oxygen atoms in total. The van der Waals surface area contributed by atoms with E-state index in [9.17, 15) is 14.4 Å². The Morgan fingerprint density at radius 2 is 1.73 bits per heavy atom. The third-order valence-corrected chi connectivity index (χ3v) is 5.73. The van der Waals surface area contributed by atoms with Crippen molar-refractivity contribution in [3.05, 3.63) is 74.9 Å². The summed E-state index contributed by atoms with van der Waals surface area (Å²) in [6.45, 7) is 2.84. The predicted octanol–water partition coefficient (Wildman–Crippen LogP) is 2.34. The molecule has 0 aliphatic carbocycles. The van der Waals surface area contributed by atoms with Gasteiger partial charge in [0.25, 0.3) is 5.56 Å². The van der Waals surface area contributed by atoms with Gasteiger partial charge >= 0.3 is 5.69 Å². The highest BCUT2D eigenvalue weighted by Gasteiger charge is 2.18. The molecule has 0 unspecified atom stereocenters. The number of amides is 1. The number of hydrogen-bond donors (Lipinski definition) is 1. The zero-order valence-corrected chi connectivity index (χ0v) is 17.1. The first-order chi connectivity index (χ1) is 14.5. The number of fused-ring (bicyclic) bond motifs is 1. The molecule has 1 N–H and O–H groups in total. The van der Waals surface area contributed by atoms with Crippen LogP contribution in [0.4, 0.5) is 5.69 Å². The van der Waals surface area contributed by atoms with Crippen LogP contribution in [0.1, 0.15) is 24.8 Å². The first kappa shape index (κ1) is 19.9. The smallest absolute Gasteiger partial charge is 0.328 e. The second-order valence-corrected chi connectivity index (χ2v) is 7.75. The van der Waals surface area contributed by atoms with Crippen molar-refractivity contribution in [3.63, 3.8) is 0 Å². The number of aromatic amines is 1. The predicted molar refractivity (Wildman–Crippen MR) is 118 cm³/mol. The first-order valence-corrected chi connectivity index (χ1v) is 10.3. The number of nitrogens with one attached hydrogen (secondary N) is 1. The molecule has 2 aromatic carbocycles. The number of carbonyl (C=O) groups excluding carboxylic acids is 1. The van der Waals surface area contributed by atoms with Crippen LogP contribution in [0.3, 0.4) is 0 Å². The van der Waals surface area contributed by atoms with Gasteiger partial charge < -0.3 is 9.80 Å². The van der Waals surface area contributed by atoms with Gasteiger partial charge in [-0.1, -0.05) is 30.3 Å². The van der Waals surface area contributed by atoms with E-state index in [2.05, 4.69) is 22.0 Å². The van der Waals surface area contributed by atoms with E-state index in [0.29, 0.717) is 17.4 Å². The van der Waals surface area contributed by atoms with Gasteiger partial charge in [-0.3, -0.25) is 19.1 Å². The molecule has 1 fully saturated rings. The van der Waals surface area contributed by atoms with Gasteiger partial charge in [-0.2, -0.15) is 0 Å². The van der Waals surface area contributed by atoms with Gasteiger partial charge in [-0.15, -0.1) is 0 Å². The second kappa shape index (κ2) is 8.57. The number of carbonyl (C=O) groups is 1. The Morgan fingerprint density at radius 1 is 1.03 bits per heavy atom. The largest absolute Gasteiger partial charge is 0.371 e. The monoisotopic (exact) mass is 406 g/mol. The Morgan fingerprint density at radius 3 is 2.53 bits per heavy atom. The molecule has 1 aliphatic heterocycles. The van der Waals surface area contributed by atoms with Gasteiger partial charge in [0.1, 0.15) is 0 Å². The molecular weight excluding hydrogens is 380 g/mol. The quantitative estimate of drug-likeness (QED) is 0.682. The van der Waals surface area contributed by atoms with Gasteiger partial charge in [0.2, 0.25) is 5.91 Å². The van der Waals surface area contributed by atoms with Crippen molar-refractivity contribution in [1.29, 1.82) is 0 Å². The minimum Gasteiger partial charge on any atom is -0.371 e. The second-order valence-electron chi connectivity index (χ2n) is 7.75. The highest BCUT2D eigenvalue weighted by Crippen LogP contribution is 2.25. The number of hydrogen-bond acceptors (Lipinski definition) is 4. The molecule has 0 atom stereocenters. The molecule has 1 aliphatic rings. The summed E-state index contributed by atoms with van der Waals surface area (Å²) in [5.41, 5.74) is 1.96. The van der Waals surface area contributed by atoms with Crippen LogP contribution in [-0.2, 0) is 17.9 Å². The van der Waals surface area contributed by atoms with Crippen molar-refractivity contribution in [2.75, 3.05) is 25.0 Å². The highest BCUT2D eigenvalue weighted by atomic mass is 16.2. The SMILES string of the molecule is CN(Cc1ccccc1N1CCCC1)C(=O)CCn1c(=O)[nH]c(=O)c2ccccc21. The average molecular weight is 406 g/mol. The van der Waals surface area contributed by atoms with E-state index in [0.717, 1.165) is 18.7 Å². The average Bonchev–Trinajstić information content (AvgIpc) is 3.28. The van der Waals surface area contributed by atoms with Crippen molar-refractivity contribution in [2.24, 2.45) is 0 Å². The first-order valence-electron chi connectivity index (χ1n) is 10.3. The molecule has 0 radical (unpaired) electrons. The van der Waals surface area contributed by atoms with E-state index in [-0.39, 0.29) is 18.9 Å². The van der Waals surface area contributed by atoms with Crippen LogP contribution in [0.2, 0.25) is 0 Å². The lowest BCUT2D eigenvalue weighted by Gasteiger charge is -2.24. The Labute approximate surface area is 174 Å². The summed E-state index contributed by atoms with van der Waals surface area (Å²) >= 11 is 0. The topological polar surface area (TPSA) is 78.4 Å². The minimum atomic E-state index is -0.492. The molecule has 0 saturated carbocycles. The molecular formula is C23H26N4O3. The standard InChI is InChI=1S/C23H26N4O3/c1-25(16-17-8-2-4-10-19(17)26-13-6-7-14-26)21(28)12-15-27-20-11-5-3-9-18(20)22(29)24-23(27)30/h2-5,8-11H,6-7,12-16H2,1H3,(H,24,29,30). The molecule has 3 aromatic rings. The molecule has 0 spiro atoms. The summed E-state index contributed by atoms with van der Waals surface area (Å²) in [5.74, 6) is -0.0478.